The fourth-order valence-electron chi connectivity index (χ4n) is 2.78. The molecule has 0 saturated heterocycles. The number of carbonyl (C=O) groups is 2. The number of hydrazone groups is 1. The first-order chi connectivity index (χ1) is 15.3. The number of nitrogens with zero attached hydrogens (tertiary/aromatic N) is 1. The quantitative estimate of drug-likeness (QED) is 0.381. The Morgan fingerprint density at radius 2 is 1.69 bits per heavy atom. The molecule has 0 aliphatic carbocycles. The Labute approximate surface area is 198 Å². The zero-order chi connectivity index (χ0) is 23.7. The van der Waals surface area contributed by atoms with Crippen LogP contribution in [0.1, 0.15) is 43.6 Å². The minimum absolute atomic E-state index is 0.174. The topological polar surface area (TPSA) is 89.0 Å². The third-order valence-electron chi connectivity index (χ3n) is 4.37. The summed E-state index contributed by atoms with van der Waals surface area (Å²) in [6.07, 6.45) is 1.49. The van der Waals surface area contributed by atoms with E-state index in [1.165, 1.54) is 18.3 Å². The van der Waals surface area contributed by atoms with Crippen molar-refractivity contribution in [2.75, 3.05) is 13.2 Å². The second-order valence-corrected chi connectivity index (χ2v) is 7.94. The van der Waals surface area contributed by atoms with Crippen LogP contribution in [0.25, 0.3) is 0 Å². The maximum Gasteiger partial charge on any atom is 0.262 e. The molecule has 0 aliphatic heterocycles. The molecule has 0 saturated carbocycles. The van der Waals surface area contributed by atoms with Crippen LogP contribution in [0.2, 0.25) is 10.0 Å². The lowest BCUT2D eigenvalue weighted by molar-refractivity contribution is -0.123. The predicted molar refractivity (Wildman–Crippen MR) is 127 cm³/mol. The molecular weight excluding hydrogens is 453 g/mol. The summed E-state index contributed by atoms with van der Waals surface area (Å²) in [6, 6.07) is 9.08. The molecule has 2 aromatic rings. The molecule has 2 rings (SSSR count). The smallest absolute Gasteiger partial charge is 0.262 e. The maximum atomic E-state index is 12.6. The number of hydrogen-bond acceptors (Lipinski definition) is 5. The Morgan fingerprint density at radius 1 is 1.00 bits per heavy atom. The van der Waals surface area contributed by atoms with Crippen LogP contribution >= 0.6 is 23.2 Å². The highest BCUT2D eigenvalue weighted by Gasteiger charge is 2.24. The van der Waals surface area contributed by atoms with Crippen LogP contribution in [0.4, 0.5) is 0 Å². The lowest BCUT2D eigenvalue weighted by Crippen LogP contribution is -2.48. The van der Waals surface area contributed by atoms with Crippen molar-refractivity contribution in [2.24, 2.45) is 11.0 Å². The Morgan fingerprint density at radius 3 is 2.31 bits per heavy atom. The van der Waals surface area contributed by atoms with Gasteiger partial charge in [0.05, 0.1) is 29.5 Å². The van der Waals surface area contributed by atoms with E-state index < -0.39 is 17.9 Å². The van der Waals surface area contributed by atoms with E-state index in [9.17, 15) is 9.59 Å². The van der Waals surface area contributed by atoms with E-state index in [1.807, 2.05) is 27.7 Å². The van der Waals surface area contributed by atoms with Gasteiger partial charge in [-0.05, 0) is 61.7 Å². The summed E-state index contributed by atoms with van der Waals surface area (Å²) in [6.45, 7) is 8.44. The van der Waals surface area contributed by atoms with Gasteiger partial charge in [0.2, 0.25) is 0 Å². The molecule has 2 amide bonds. The molecule has 2 aromatic carbocycles. The van der Waals surface area contributed by atoms with Gasteiger partial charge in [-0.15, -0.1) is 0 Å². The SMILES string of the molecule is CCOc1ccc(C=NNC(=O)C(NC(=O)c2ccc(Cl)c(Cl)c2)C(C)C)cc1OCC. The van der Waals surface area contributed by atoms with Crippen molar-refractivity contribution < 1.29 is 19.1 Å². The number of rotatable bonds is 10. The number of hydrogen-bond donors (Lipinski definition) is 2. The first-order valence-electron chi connectivity index (χ1n) is 10.2. The number of ether oxygens (including phenoxy) is 2. The van der Waals surface area contributed by atoms with Gasteiger partial charge in [-0.2, -0.15) is 5.10 Å². The van der Waals surface area contributed by atoms with Crippen LogP contribution in [-0.4, -0.2) is 37.3 Å². The van der Waals surface area contributed by atoms with Gasteiger partial charge in [0, 0.05) is 5.56 Å². The van der Waals surface area contributed by atoms with Gasteiger partial charge in [-0.1, -0.05) is 37.0 Å². The third-order valence-corrected chi connectivity index (χ3v) is 5.11. The highest BCUT2D eigenvalue weighted by atomic mass is 35.5. The van der Waals surface area contributed by atoms with Gasteiger partial charge in [-0.25, -0.2) is 5.43 Å². The zero-order valence-corrected chi connectivity index (χ0v) is 20.0. The van der Waals surface area contributed by atoms with Gasteiger partial charge in [-0.3, -0.25) is 9.59 Å². The van der Waals surface area contributed by atoms with Crippen molar-refractivity contribution in [3.63, 3.8) is 0 Å². The van der Waals surface area contributed by atoms with Crippen molar-refractivity contribution in [3.05, 3.63) is 57.6 Å². The fourth-order valence-corrected chi connectivity index (χ4v) is 3.08. The van der Waals surface area contributed by atoms with Gasteiger partial charge >= 0.3 is 0 Å². The van der Waals surface area contributed by atoms with E-state index in [0.717, 1.165) is 5.56 Å². The standard InChI is InChI=1S/C23H27Cl2N3O4/c1-5-31-19-10-7-15(11-20(19)32-6-2)13-26-28-23(30)21(14(3)4)27-22(29)16-8-9-17(24)18(25)12-16/h7-14,21H,5-6H2,1-4H3,(H,27,29)(H,28,30). The number of benzene rings is 2. The molecule has 9 heteroatoms. The molecule has 1 atom stereocenters. The second-order valence-electron chi connectivity index (χ2n) is 7.13. The van der Waals surface area contributed by atoms with Crippen LogP contribution in [0, 0.1) is 5.92 Å². The molecule has 32 heavy (non-hydrogen) atoms. The van der Waals surface area contributed by atoms with Crippen molar-refractivity contribution in [2.45, 2.75) is 33.7 Å². The first kappa shape index (κ1) is 25.5. The number of halogens is 2. The van der Waals surface area contributed by atoms with Crippen LogP contribution in [0.15, 0.2) is 41.5 Å². The summed E-state index contributed by atoms with van der Waals surface area (Å²) in [4.78, 5) is 25.2. The molecule has 0 fully saturated rings. The monoisotopic (exact) mass is 479 g/mol. The van der Waals surface area contributed by atoms with Crippen LogP contribution in [0.5, 0.6) is 11.5 Å². The third kappa shape index (κ3) is 7.14. The van der Waals surface area contributed by atoms with Crippen molar-refractivity contribution in [3.8, 4) is 11.5 Å². The van der Waals surface area contributed by atoms with E-state index in [4.69, 9.17) is 32.7 Å². The number of amides is 2. The minimum atomic E-state index is -0.798. The number of nitrogens with one attached hydrogen (secondary N) is 2. The van der Waals surface area contributed by atoms with Gasteiger partial charge < -0.3 is 14.8 Å². The van der Waals surface area contributed by atoms with Crippen LogP contribution in [0.3, 0.4) is 0 Å². The van der Waals surface area contributed by atoms with Crippen LogP contribution in [-0.2, 0) is 4.79 Å². The van der Waals surface area contributed by atoms with Crippen LogP contribution < -0.4 is 20.2 Å². The highest BCUT2D eigenvalue weighted by molar-refractivity contribution is 6.42. The summed E-state index contributed by atoms with van der Waals surface area (Å²) in [7, 11) is 0. The van der Waals surface area contributed by atoms with Crippen molar-refractivity contribution in [1.29, 1.82) is 0 Å². The van der Waals surface area contributed by atoms with E-state index in [-0.39, 0.29) is 10.9 Å². The maximum absolute atomic E-state index is 12.6. The van der Waals surface area contributed by atoms with Gasteiger partial charge in [0.25, 0.3) is 11.8 Å². The Balaban J connectivity index is 2.06. The average Bonchev–Trinajstić information content (AvgIpc) is 2.75. The minimum Gasteiger partial charge on any atom is -0.490 e. The van der Waals surface area contributed by atoms with E-state index in [1.54, 1.807) is 24.3 Å². The molecule has 172 valence electrons. The zero-order valence-electron chi connectivity index (χ0n) is 18.4. The first-order valence-corrected chi connectivity index (χ1v) is 11.0. The van der Waals surface area contributed by atoms with E-state index in [0.29, 0.717) is 35.3 Å². The predicted octanol–water partition coefficient (Wildman–Crippen LogP) is 4.70. The molecule has 0 bridgehead atoms. The summed E-state index contributed by atoms with van der Waals surface area (Å²) >= 11 is 11.9. The summed E-state index contributed by atoms with van der Waals surface area (Å²) in [5.74, 6) is 0.181. The highest BCUT2D eigenvalue weighted by Crippen LogP contribution is 2.28. The van der Waals surface area contributed by atoms with Gasteiger partial charge in [0.15, 0.2) is 11.5 Å². The molecule has 1 unspecified atom stereocenters. The van der Waals surface area contributed by atoms with Gasteiger partial charge in [0.1, 0.15) is 6.04 Å². The second kappa shape index (κ2) is 12.3. The fraction of sp³-hybridized carbons (Fsp3) is 0.348. The lowest BCUT2D eigenvalue weighted by atomic mass is 10.0. The van der Waals surface area contributed by atoms with Crippen molar-refractivity contribution in [1.82, 2.24) is 10.7 Å². The summed E-state index contributed by atoms with van der Waals surface area (Å²) in [5.41, 5.74) is 3.50. The van der Waals surface area contributed by atoms with E-state index >= 15 is 0 Å². The largest absolute Gasteiger partial charge is 0.490 e. The number of carbonyl (C=O) groups excluding carboxylic acids is 2. The molecule has 0 heterocycles. The van der Waals surface area contributed by atoms with E-state index in [2.05, 4.69) is 15.8 Å². The molecule has 0 aliphatic rings. The molecule has 0 aromatic heterocycles. The molecule has 0 radical (unpaired) electrons. The summed E-state index contributed by atoms with van der Waals surface area (Å²) in [5, 5.41) is 7.33. The normalized spacial score (nSPS) is 12.0. The molecular formula is C23H27Cl2N3O4. The summed E-state index contributed by atoms with van der Waals surface area (Å²) < 4.78 is 11.1. The molecule has 7 nitrogen and oxygen atoms in total. The Bertz CT molecular complexity index is 980. The Hall–Kier alpha value is -2.77. The average molecular weight is 480 g/mol. The van der Waals surface area contributed by atoms with Crippen molar-refractivity contribution >= 4 is 41.2 Å². The Kier molecular flexibility index (Phi) is 9.81. The molecule has 2 N–H and O–H groups in total. The molecule has 0 spiro atoms. The lowest BCUT2D eigenvalue weighted by Gasteiger charge is -2.20.